The summed E-state index contributed by atoms with van der Waals surface area (Å²) in [7, 11) is 0. The van der Waals surface area contributed by atoms with Gasteiger partial charge in [0, 0.05) is 5.69 Å². The number of nitrogens with zero attached hydrogens (tertiary/aromatic N) is 1. The van der Waals surface area contributed by atoms with Gasteiger partial charge in [-0.1, -0.05) is 0 Å². The average Bonchev–Trinajstić information content (AvgIpc) is 2.34. The van der Waals surface area contributed by atoms with Gasteiger partial charge in [0.15, 0.2) is 0 Å². The summed E-state index contributed by atoms with van der Waals surface area (Å²) >= 11 is 3.06. The van der Waals surface area contributed by atoms with Crippen LogP contribution in [0.3, 0.4) is 0 Å². The fourth-order valence-electron chi connectivity index (χ4n) is 1.33. The maximum atomic E-state index is 13.3. The lowest BCUT2D eigenvalue weighted by Gasteiger charge is -2.06. The van der Waals surface area contributed by atoms with E-state index in [2.05, 4.69) is 26.2 Å². The highest BCUT2D eigenvalue weighted by Gasteiger charge is 2.04. The highest BCUT2D eigenvalue weighted by molar-refractivity contribution is 9.10. The van der Waals surface area contributed by atoms with E-state index in [1.54, 1.807) is 18.2 Å². The first-order valence-corrected chi connectivity index (χ1v) is 5.77. The molecule has 0 saturated carbocycles. The summed E-state index contributed by atoms with van der Waals surface area (Å²) in [5.74, 6) is -1.47. The molecule has 0 atom stereocenters. The van der Waals surface area contributed by atoms with Crippen molar-refractivity contribution in [2.45, 2.75) is 0 Å². The van der Waals surface area contributed by atoms with Gasteiger partial charge in [0.2, 0.25) is 0 Å². The normalized spacial score (nSPS) is 10.1. The number of carboxylic acids is 1. The fourth-order valence-corrected chi connectivity index (χ4v) is 1.58. The van der Waals surface area contributed by atoms with E-state index in [-0.39, 0.29) is 11.5 Å². The molecule has 0 bridgehead atoms. The van der Waals surface area contributed by atoms with Gasteiger partial charge in [0.25, 0.3) is 0 Å². The minimum absolute atomic E-state index is 0.0393. The van der Waals surface area contributed by atoms with Crippen LogP contribution in [0.5, 0.6) is 0 Å². The molecule has 0 aliphatic heterocycles. The average molecular weight is 311 g/mol. The van der Waals surface area contributed by atoms with Gasteiger partial charge < -0.3 is 10.4 Å². The van der Waals surface area contributed by atoms with Crippen LogP contribution in [0.4, 0.5) is 15.8 Å². The number of carboxylic acid groups (broad SMARTS) is 1. The molecular weight excluding hydrogens is 303 g/mol. The molecule has 92 valence electrons. The number of carbonyl (C=O) groups is 1. The van der Waals surface area contributed by atoms with Gasteiger partial charge in [-0.25, -0.2) is 14.2 Å². The van der Waals surface area contributed by atoms with E-state index < -0.39 is 5.97 Å². The maximum absolute atomic E-state index is 13.3. The van der Waals surface area contributed by atoms with Crippen LogP contribution in [-0.4, -0.2) is 16.1 Å². The first kappa shape index (κ1) is 12.5. The van der Waals surface area contributed by atoms with Crippen LogP contribution in [0.1, 0.15) is 10.5 Å². The number of hydrogen-bond acceptors (Lipinski definition) is 3. The van der Waals surface area contributed by atoms with Gasteiger partial charge >= 0.3 is 5.97 Å². The van der Waals surface area contributed by atoms with E-state index in [4.69, 9.17) is 5.11 Å². The first-order valence-electron chi connectivity index (χ1n) is 4.97. The van der Waals surface area contributed by atoms with Crippen molar-refractivity contribution in [3.63, 3.8) is 0 Å². The van der Waals surface area contributed by atoms with Gasteiger partial charge in [0.05, 0.1) is 16.4 Å². The Labute approximate surface area is 111 Å². The third-order valence-corrected chi connectivity index (χ3v) is 2.83. The summed E-state index contributed by atoms with van der Waals surface area (Å²) in [6.45, 7) is 0. The molecule has 1 heterocycles. The molecule has 1 aromatic heterocycles. The van der Waals surface area contributed by atoms with Crippen molar-refractivity contribution < 1.29 is 14.3 Å². The number of anilines is 2. The number of benzene rings is 1. The van der Waals surface area contributed by atoms with Crippen molar-refractivity contribution >= 4 is 33.3 Å². The number of aromatic nitrogens is 1. The van der Waals surface area contributed by atoms with Crippen LogP contribution in [0.2, 0.25) is 0 Å². The largest absolute Gasteiger partial charge is 0.477 e. The Morgan fingerprint density at radius 3 is 2.56 bits per heavy atom. The minimum atomic E-state index is -1.09. The molecular formula is C12H8BrFN2O2. The highest BCUT2D eigenvalue weighted by Crippen LogP contribution is 2.22. The van der Waals surface area contributed by atoms with Crippen molar-refractivity contribution in [2.24, 2.45) is 0 Å². The summed E-state index contributed by atoms with van der Waals surface area (Å²) < 4.78 is 13.7. The van der Waals surface area contributed by atoms with Crippen molar-refractivity contribution in [3.8, 4) is 0 Å². The number of nitrogens with one attached hydrogen (secondary N) is 1. The summed E-state index contributed by atoms with van der Waals surface area (Å²) in [4.78, 5) is 14.4. The number of rotatable bonds is 3. The molecule has 18 heavy (non-hydrogen) atoms. The SMILES string of the molecule is O=C(O)c1ccc(Nc2ccc(Br)c(F)c2)cn1. The van der Waals surface area contributed by atoms with E-state index in [1.165, 1.54) is 18.3 Å². The van der Waals surface area contributed by atoms with Gasteiger partial charge in [-0.05, 0) is 46.3 Å². The second kappa shape index (κ2) is 5.14. The van der Waals surface area contributed by atoms with Crippen molar-refractivity contribution in [1.29, 1.82) is 0 Å². The van der Waals surface area contributed by atoms with Crippen LogP contribution in [0.25, 0.3) is 0 Å². The molecule has 2 N–H and O–H groups in total. The Kier molecular flexibility index (Phi) is 3.57. The Morgan fingerprint density at radius 1 is 1.28 bits per heavy atom. The van der Waals surface area contributed by atoms with Crippen LogP contribution < -0.4 is 5.32 Å². The first-order chi connectivity index (χ1) is 8.56. The van der Waals surface area contributed by atoms with Gasteiger partial charge in [-0.2, -0.15) is 0 Å². The molecule has 0 saturated heterocycles. The summed E-state index contributed by atoms with van der Waals surface area (Å²) in [6.07, 6.45) is 1.38. The topological polar surface area (TPSA) is 62.2 Å². The third-order valence-electron chi connectivity index (χ3n) is 2.19. The van der Waals surface area contributed by atoms with Gasteiger partial charge in [0.1, 0.15) is 11.5 Å². The maximum Gasteiger partial charge on any atom is 0.354 e. The lowest BCUT2D eigenvalue weighted by atomic mass is 10.3. The minimum Gasteiger partial charge on any atom is -0.477 e. The van der Waals surface area contributed by atoms with E-state index >= 15 is 0 Å². The second-order valence-electron chi connectivity index (χ2n) is 3.49. The lowest BCUT2D eigenvalue weighted by molar-refractivity contribution is 0.0690. The molecule has 2 aromatic rings. The predicted octanol–water partition coefficient (Wildman–Crippen LogP) is 3.43. The molecule has 0 spiro atoms. The fraction of sp³-hybridized carbons (Fsp3) is 0. The zero-order valence-electron chi connectivity index (χ0n) is 9.02. The summed E-state index contributed by atoms with van der Waals surface area (Å²) in [5, 5.41) is 11.6. The highest BCUT2D eigenvalue weighted by atomic mass is 79.9. The summed E-state index contributed by atoms with van der Waals surface area (Å²) in [6, 6.07) is 7.54. The number of pyridine rings is 1. The quantitative estimate of drug-likeness (QED) is 0.911. The third kappa shape index (κ3) is 2.84. The molecule has 0 fully saturated rings. The molecule has 2 rings (SSSR count). The van der Waals surface area contributed by atoms with Crippen molar-refractivity contribution in [2.75, 3.05) is 5.32 Å². The predicted molar refractivity (Wildman–Crippen MR) is 68.6 cm³/mol. The molecule has 6 heteroatoms. The van der Waals surface area contributed by atoms with Gasteiger partial charge in [-0.3, -0.25) is 0 Å². The number of halogens is 2. The number of aromatic carboxylic acids is 1. The molecule has 4 nitrogen and oxygen atoms in total. The Morgan fingerprint density at radius 2 is 2.00 bits per heavy atom. The van der Waals surface area contributed by atoms with Crippen LogP contribution >= 0.6 is 15.9 Å². The van der Waals surface area contributed by atoms with Crippen LogP contribution in [-0.2, 0) is 0 Å². The number of hydrogen-bond donors (Lipinski definition) is 2. The Hall–Kier alpha value is -1.95. The smallest absolute Gasteiger partial charge is 0.354 e. The Balaban J connectivity index is 2.18. The van der Waals surface area contributed by atoms with Crippen molar-refractivity contribution in [3.05, 3.63) is 52.5 Å². The molecule has 1 aromatic carbocycles. The van der Waals surface area contributed by atoms with E-state index in [9.17, 15) is 9.18 Å². The molecule has 0 unspecified atom stereocenters. The van der Waals surface area contributed by atoms with Crippen LogP contribution in [0, 0.1) is 5.82 Å². The zero-order chi connectivity index (χ0) is 13.1. The van der Waals surface area contributed by atoms with E-state index in [0.717, 1.165) is 0 Å². The van der Waals surface area contributed by atoms with Crippen molar-refractivity contribution in [1.82, 2.24) is 4.98 Å². The summed E-state index contributed by atoms with van der Waals surface area (Å²) in [5.41, 5.74) is 1.10. The van der Waals surface area contributed by atoms with E-state index in [0.29, 0.717) is 15.8 Å². The molecule has 0 radical (unpaired) electrons. The van der Waals surface area contributed by atoms with Gasteiger partial charge in [-0.15, -0.1) is 0 Å². The Bertz CT molecular complexity index is 587. The monoisotopic (exact) mass is 310 g/mol. The zero-order valence-corrected chi connectivity index (χ0v) is 10.6. The van der Waals surface area contributed by atoms with Crippen LogP contribution in [0.15, 0.2) is 41.0 Å². The second-order valence-corrected chi connectivity index (χ2v) is 4.35. The standard InChI is InChI=1S/C12H8BrFN2O2/c13-9-3-1-7(5-10(9)14)16-8-2-4-11(12(17)18)15-6-8/h1-6,16H,(H,17,18). The van der Waals surface area contributed by atoms with E-state index in [1.807, 2.05) is 0 Å². The molecule has 0 amide bonds. The molecule has 0 aliphatic rings. The molecule has 0 aliphatic carbocycles. The lowest BCUT2D eigenvalue weighted by Crippen LogP contribution is -2.00.